The van der Waals surface area contributed by atoms with Gasteiger partial charge in [0.25, 0.3) is 0 Å². The third-order valence-corrected chi connectivity index (χ3v) is 4.43. The second kappa shape index (κ2) is 7.09. The molecule has 5 nitrogen and oxygen atoms in total. The molecule has 18 heavy (non-hydrogen) atoms. The van der Waals surface area contributed by atoms with Gasteiger partial charge in [0, 0.05) is 18.8 Å². The molecule has 1 aliphatic carbocycles. The van der Waals surface area contributed by atoms with E-state index >= 15 is 0 Å². The molecule has 1 aliphatic rings. The number of rotatable bonds is 5. The number of carbonyl (C=O) groups is 1. The highest BCUT2D eigenvalue weighted by atomic mass is 32.2. The molecule has 0 aromatic heterocycles. The van der Waals surface area contributed by atoms with E-state index < -0.39 is 9.84 Å². The minimum absolute atomic E-state index is 0.0158. The Kier molecular flexibility index (Phi) is 6.08. The van der Waals surface area contributed by atoms with Gasteiger partial charge in [0.05, 0.1) is 11.7 Å². The Morgan fingerprint density at radius 3 is 2.61 bits per heavy atom. The molecule has 0 heterocycles. The molecular weight excluding hydrogens is 252 g/mol. The van der Waals surface area contributed by atoms with Gasteiger partial charge >= 0.3 is 0 Å². The maximum absolute atomic E-state index is 11.9. The van der Waals surface area contributed by atoms with E-state index in [1.165, 1.54) is 6.26 Å². The highest BCUT2D eigenvalue weighted by Crippen LogP contribution is 2.22. The summed E-state index contributed by atoms with van der Waals surface area (Å²) in [6, 6.07) is -0.0533. The Balaban J connectivity index is 2.30. The minimum Gasteiger partial charge on any atom is -0.356 e. The number of carbonyl (C=O) groups excluding carboxylic acids is 1. The van der Waals surface area contributed by atoms with Gasteiger partial charge in [-0.15, -0.1) is 0 Å². The van der Waals surface area contributed by atoms with Gasteiger partial charge < -0.3 is 11.1 Å². The van der Waals surface area contributed by atoms with Crippen molar-refractivity contribution >= 4 is 15.7 Å². The van der Waals surface area contributed by atoms with Gasteiger partial charge in [0.1, 0.15) is 9.84 Å². The lowest BCUT2D eigenvalue weighted by molar-refractivity contribution is -0.125. The van der Waals surface area contributed by atoms with Crippen LogP contribution in [0.25, 0.3) is 0 Å². The third kappa shape index (κ3) is 5.82. The Labute approximate surface area is 109 Å². The fourth-order valence-corrected chi connectivity index (χ4v) is 3.01. The molecular formula is C12H24N2O3S. The van der Waals surface area contributed by atoms with E-state index in [0.29, 0.717) is 13.0 Å². The lowest BCUT2D eigenvalue weighted by atomic mass is 9.94. The van der Waals surface area contributed by atoms with Gasteiger partial charge in [-0.05, 0) is 19.3 Å². The molecule has 0 saturated heterocycles. The Morgan fingerprint density at radius 2 is 1.94 bits per heavy atom. The van der Waals surface area contributed by atoms with E-state index in [-0.39, 0.29) is 23.6 Å². The Bertz CT molecular complexity index is 368. The normalized spacial score (nSPS) is 25.4. The molecule has 0 bridgehead atoms. The summed E-state index contributed by atoms with van der Waals surface area (Å²) in [6.45, 7) is 0.412. The van der Waals surface area contributed by atoms with Crippen molar-refractivity contribution in [2.75, 3.05) is 18.6 Å². The van der Waals surface area contributed by atoms with Crippen LogP contribution in [0.5, 0.6) is 0 Å². The Hall–Kier alpha value is -0.620. The van der Waals surface area contributed by atoms with Crippen molar-refractivity contribution in [3.63, 3.8) is 0 Å². The molecule has 1 rings (SSSR count). The van der Waals surface area contributed by atoms with Crippen molar-refractivity contribution in [1.29, 1.82) is 0 Å². The zero-order valence-electron chi connectivity index (χ0n) is 11.0. The molecule has 2 unspecified atom stereocenters. The molecule has 1 saturated carbocycles. The second-order valence-electron chi connectivity index (χ2n) is 5.18. The summed E-state index contributed by atoms with van der Waals surface area (Å²) < 4.78 is 21.9. The standard InChI is InChI=1S/C12H24N2O3S/c1-18(16,17)9-5-8-14-12(15)10-6-3-2-4-7-11(10)13/h10-11H,2-9,13H2,1H3,(H,14,15). The van der Waals surface area contributed by atoms with Crippen molar-refractivity contribution < 1.29 is 13.2 Å². The number of hydrogen-bond donors (Lipinski definition) is 2. The smallest absolute Gasteiger partial charge is 0.224 e. The molecule has 0 radical (unpaired) electrons. The summed E-state index contributed by atoms with van der Waals surface area (Å²) in [4.78, 5) is 11.9. The zero-order chi connectivity index (χ0) is 13.6. The first-order valence-corrected chi connectivity index (χ1v) is 8.67. The van der Waals surface area contributed by atoms with E-state index in [9.17, 15) is 13.2 Å². The molecule has 1 fully saturated rings. The van der Waals surface area contributed by atoms with Gasteiger partial charge in [-0.25, -0.2) is 8.42 Å². The average molecular weight is 276 g/mol. The summed E-state index contributed by atoms with van der Waals surface area (Å²) in [6.07, 6.45) is 6.71. The first-order valence-electron chi connectivity index (χ1n) is 6.61. The summed E-state index contributed by atoms with van der Waals surface area (Å²) in [7, 11) is -2.94. The molecule has 0 aromatic carbocycles. The fraction of sp³-hybridized carbons (Fsp3) is 0.917. The second-order valence-corrected chi connectivity index (χ2v) is 7.44. The van der Waals surface area contributed by atoms with Crippen LogP contribution in [0.1, 0.15) is 38.5 Å². The maximum atomic E-state index is 11.9. The predicted octanol–water partition coefficient (Wildman–Crippen LogP) is 0.445. The monoisotopic (exact) mass is 276 g/mol. The number of amides is 1. The lowest BCUT2D eigenvalue weighted by Crippen LogP contribution is -2.41. The molecule has 0 aromatic rings. The van der Waals surface area contributed by atoms with Crippen LogP contribution in [0.4, 0.5) is 0 Å². The SMILES string of the molecule is CS(=O)(=O)CCCNC(=O)C1CCCCCC1N. The summed E-state index contributed by atoms with van der Waals surface area (Å²) >= 11 is 0. The fourth-order valence-electron chi connectivity index (χ4n) is 2.34. The molecule has 6 heteroatoms. The highest BCUT2D eigenvalue weighted by molar-refractivity contribution is 7.90. The van der Waals surface area contributed by atoms with Crippen LogP contribution in [0.15, 0.2) is 0 Å². The van der Waals surface area contributed by atoms with E-state index in [1.807, 2.05) is 0 Å². The van der Waals surface area contributed by atoms with Gasteiger partial charge in [-0.1, -0.05) is 19.3 Å². The highest BCUT2D eigenvalue weighted by Gasteiger charge is 2.26. The van der Waals surface area contributed by atoms with E-state index in [2.05, 4.69) is 5.32 Å². The van der Waals surface area contributed by atoms with Crippen LogP contribution in [-0.4, -0.2) is 38.9 Å². The number of nitrogens with one attached hydrogen (secondary N) is 1. The number of hydrogen-bond acceptors (Lipinski definition) is 4. The first kappa shape index (κ1) is 15.4. The van der Waals surface area contributed by atoms with Crippen molar-refractivity contribution in [2.24, 2.45) is 11.7 Å². The van der Waals surface area contributed by atoms with Crippen LogP contribution < -0.4 is 11.1 Å². The van der Waals surface area contributed by atoms with E-state index in [1.54, 1.807) is 0 Å². The van der Waals surface area contributed by atoms with Crippen LogP contribution >= 0.6 is 0 Å². The quantitative estimate of drug-likeness (QED) is 0.563. The number of nitrogens with two attached hydrogens (primary N) is 1. The van der Waals surface area contributed by atoms with Crippen molar-refractivity contribution in [3.05, 3.63) is 0 Å². The summed E-state index contributed by atoms with van der Waals surface area (Å²) in [5.41, 5.74) is 6.00. The summed E-state index contributed by atoms with van der Waals surface area (Å²) in [5, 5.41) is 2.80. The Morgan fingerprint density at radius 1 is 1.28 bits per heavy atom. The molecule has 1 amide bonds. The summed E-state index contributed by atoms with van der Waals surface area (Å²) in [5.74, 6) is -0.00655. The molecule has 0 spiro atoms. The molecule has 106 valence electrons. The van der Waals surface area contributed by atoms with Gasteiger partial charge in [-0.2, -0.15) is 0 Å². The average Bonchev–Trinajstić information content (AvgIpc) is 2.48. The predicted molar refractivity (Wildman–Crippen MR) is 71.9 cm³/mol. The van der Waals surface area contributed by atoms with Gasteiger partial charge in [0.15, 0.2) is 0 Å². The lowest BCUT2D eigenvalue weighted by Gasteiger charge is -2.20. The van der Waals surface area contributed by atoms with Crippen LogP contribution in [0.3, 0.4) is 0 Å². The van der Waals surface area contributed by atoms with Gasteiger partial charge in [-0.3, -0.25) is 4.79 Å². The van der Waals surface area contributed by atoms with Crippen LogP contribution in [-0.2, 0) is 14.6 Å². The largest absolute Gasteiger partial charge is 0.356 e. The third-order valence-electron chi connectivity index (χ3n) is 3.40. The zero-order valence-corrected chi connectivity index (χ0v) is 11.8. The first-order chi connectivity index (χ1) is 8.40. The molecule has 0 aliphatic heterocycles. The molecule has 3 N–H and O–H groups in total. The topological polar surface area (TPSA) is 89.3 Å². The van der Waals surface area contributed by atoms with Crippen LogP contribution in [0.2, 0.25) is 0 Å². The molecule has 2 atom stereocenters. The maximum Gasteiger partial charge on any atom is 0.224 e. The van der Waals surface area contributed by atoms with E-state index in [0.717, 1.165) is 32.1 Å². The van der Waals surface area contributed by atoms with Gasteiger partial charge in [0.2, 0.25) is 5.91 Å². The van der Waals surface area contributed by atoms with E-state index in [4.69, 9.17) is 5.73 Å². The minimum atomic E-state index is -2.94. The number of sulfone groups is 1. The van der Waals surface area contributed by atoms with Crippen LogP contribution in [0, 0.1) is 5.92 Å². The van der Waals surface area contributed by atoms with Crippen molar-refractivity contribution in [3.8, 4) is 0 Å². The van der Waals surface area contributed by atoms with Crippen molar-refractivity contribution in [1.82, 2.24) is 5.32 Å². The van der Waals surface area contributed by atoms with Crippen molar-refractivity contribution in [2.45, 2.75) is 44.6 Å².